The lowest BCUT2D eigenvalue weighted by atomic mass is 10.00. The van der Waals surface area contributed by atoms with Crippen LogP contribution in [0, 0.1) is 11.8 Å². The molecule has 11 nitrogen and oxygen atoms in total. The topological polar surface area (TPSA) is 149 Å². The van der Waals surface area contributed by atoms with E-state index in [1.54, 1.807) is 6.20 Å². The molecule has 0 bridgehead atoms. The highest BCUT2D eigenvalue weighted by Crippen LogP contribution is 2.24. The highest BCUT2D eigenvalue weighted by molar-refractivity contribution is 5.73. The Kier molecular flexibility index (Phi) is 12.1. The number of rotatable bonds is 5. The lowest BCUT2D eigenvalue weighted by Crippen LogP contribution is -2.33. The average molecular weight is 571 g/mol. The fourth-order valence-corrected chi connectivity index (χ4v) is 3.53. The van der Waals surface area contributed by atoms with Crippen LogP contribution >= 0.6 is 0 Å². The van der Waals surface area contributed by atoms with Crippen LogP contribution in [-0.2, 0) is 32.2 Å². The summed E-state index contributed by atoms with van der Waals surface area (Å²) in [5.74, 6) is -4.37. The lowest BCUT2D eigenvalue weighted by molar-refractivity contribution is -0.193. The molecule has 4 heterocycles. The molecule has 0 aromatic carbocycles. The first-order valence-corrected chi connectivity index (χ1v) is 11.6. The number of fused-ring (bicyclic) bond motifs is 1. The summed E-state index contributed by atoms with van der Waals surface area (Å²) in [6.07, 6.45) is -4.25. The zero-order chi connectivity index (χ0) is 29.1. The van der Waals surface area contributed by atoms with Crippen LogP contribution in [0.2, 0.25) is 0 Å². The third kappa shape index (κ3) is 11.1. The van der Waals surface area contributed by atoms with E-state index in [-0.39, 0.29) is 0 Å². The molecular formula is C22H27F6N5O6. The lowest BCUT2D eigenvalue weighted by Gasteiger charge is -2.23. The van der Waals surface area contributed by atoms with Crippen molar-refractivity contribution in [1.29, 1.82) is 0 Å². The van der Waals surface area contributed by atoms with Crippen LogP contribution in [0.3, 0.4) is 0 Å². The van der Waals surface area contributed by atoms with Gasteiger partial charge in [0.25, 0.3) is 0 Å². The normalized spacial score (nSPS) is 17.9. The average Bonchev–Trinajstić information content (AvgIpc) is 3.16. The number of nitrogens with zero attached hydrogens (tertiary/aromatic N) is 4. The van der Waals surface area contributed by atoms with Crippen molar-refractivity contribution in [3.05, 3.63) is 30.2 Å². The minimum atomic E-state index is -5.08. The zero-order valence-electron chi connectivity index (χ0n) is 20.4. The number of alkyl halides is 6. The molecule has 1 fully saturated rings. The second-order valence-corrected chi connectivity index (χ2v) is 8.51. The highest BCUT2D eigenvalue weighted by Gasteiger charge is 2.38. The van der Waals surface area contributed by atoms with Crippen molar-refractivity contribution in [2.75, 3.05) is 32.9 Å². The van der Waals surface area contributed by atoms with Crippen molar-refractivity contribution in [3.63, 3.8) is 0 Å². The van der Waals surface area contributed by atoms with E-state index in [2.05, 4.69) is 20.6 Å². The summed E-state index contributed by atoms with van der Waals surface area (Å²) in [7, 11) is 0. The molecule has 0 spiro atoms. The van der Waals surface area contributed by atoms with Gasteiger partial charge in [-0.05, 0) is 37.4 Å². The van der Waals surface area contributed by atoms with Gasteiger partial charge in [-0.1, -0.05) is 5.21 Å². The molecule has 1 saturated heterocycles. The van der Waals surface area contributed by atoms with E-state index >= 15 is 0 Å². The first-order chi connectivity index (χ1) is 18.3. The van der Waals surface area contributed by atoms with Gasteiger partial charge >= 0.3 is 24.3 Å². The van der Waals surface area contributed by atoms with E-state index in [1.807, 2.05) is 23.0 Å². The van der Waals surface area contributed by atoms with Crippen LogP contribution < -0.4 is 5.32 Å². The second-order valence-electron chi connectivity index (χ2n) is 8.51. The molecule has 0 amide bonds. The second kappa shape index (κ2) is 14.7. The molecule has 1 atom stereocenters. The van der Waals surface area contributed by atoms with Crippen LogP contribution in [0.1, 0.15) is 18.5 Å². The molecule has 0 radical (unpaired) electrons. The standard InChI is InChI=1S/C18H25N5O2.2C2HF3O2/c1-2-16(10-19-5-1)18-17-13-25-12-15(11-23(17)22-21-18)9-20-8-14-3-6-24-7-4-14;2*3-2(4,5)1(6)7/h1-2,5,10,14-15,20H,3-4,6-9,11-13H2;2*(H,6,7). The maximum absolute atomic E-state index is 10.6. The third-order valence-corrected chi connectivity index (χ3v) is 5.49. The van der Waals surface area contributed by atoms with Crippen molar-refractivity contribution in [2.24, 2.45) is 11.8 Å². The van der Waals surface area contributed by atoms with Crippen LogP contribution in [-0.4, -0.2) is 87.4 Å². The van der Waals surface area contributed by atoms with E-state index in [0.717, 1.165) is 75.2 Å². The molecule has 17 heteroatoms. The molecule has 218 valence electrons. The van der Waals surface area contributed by atoms with E-state index < -0.39 is 24.3 Å². The Bertz CT molecular complexity index is 1020. The van der Waals surface area contributed by atoms with Crippen molar-refractivity contribution in [2.45, 2.75) is 38.3 Å². The molecular weight excluding hydrogens is 544 g/mol. The minimum Gasteiger partial charge on any atom is -0.475 e. The molecule has 2 aliphatic rings. The minimum absolute atomic E-state index is 0.407. The predicted octanol–water partition coefficient (Wildman–Crippen LogP) is 2.77. The number of hydrogen-bond acceptors (Lipinski definition) is 8. The maximum Gasteiger partial charge on any atom is 0.490 e. The smallest absolute Gasteiger partial charge is 0.475 e. The van der Waals surface area contributed by atoms with E-state index in [9.17, 15) is 26.3 Å². The van der Waals surface area contributed by atoms with Crippen molar-refractivity contribution in [1.82, 2.24) is 25.3 Å². The van der Waals surface area contributed by atoms with Gasteiger partial charge in [0.2, 0.25) is 0 Å². The molecule has 39 heavy (non-hydrogen) atoms. The van der Waals surface area contributed by atoms with Gasteiger partial charge < -0.3 is 25.0 Å². The Labute approximate surface area is 218 Å². The number of aromatic nitrogens is 4. The van der Waals surface area contributed by atoms with E-state index in [0.29, 0.717) is 12.5 Å². The molecule has 0 saturated carbocycles. The Morgan fingerprint density at radius 3 is 2.13 bits per heavy atom. The fraction of sp³-hybridized carbons (Fsp3) is 0.591. The van der Waals surface area contributed by atoms with E-state index in [4.69, 9.17) is 29.3 Å². The van der Waals surface area contributed by atoms with E-state index in [1.165, 1.54) is 0 Å². The Balaban J connectivity index is 0.000000317. The molecule has 2 aliphatic heterocycles. The number of nitrogens with one attached hydrogen (secondary N) is 1. The van der Waals surface area contributed by atoms with Crippen molar-refractivity contribution in [3.8, 4) is 11.3 Å². The summed E-state index contributed by atoms with van der Waals surface area (Å²) >= 11 is 0. The van der Waals surface area contributed by atoms with Gasteiger partial charge in [-0.15, -0.1) is 5.10 Å². The summed E-state index contributed by atoms with van der Waals surface area (Å²) in [5.41, 5.74) is 2.91. The van der Waals surface area contributed by atoms with Gasteiger partial charge in [-0.3, -0.25) is 4.98 Å². The van der Waals surface area contributed by atoms with Gasteiger partial charge in [0, 0.05) is 50.2 Å². The van der Waals surface area contributed by atoms with Crippen LogP contribution in [0.4, 0.5) is 26.3 Å². The predicted molar refractivity (Wildman–Crippen MR) is 120 cm³/mol. The number of carbonyl (C=O) groups is 2. The molecule has 3 N–H and O–H groups in total. The Morgan fingerprint density at radius 2 is 1.59 bits per heavy atom. The number of pyridine rings is 1. The SMILES string of the molecule is O=C(O)C(F)(F)F.O=C(O)C(F)(F)F.c1cncc(-c2nnn3c2COCC(CNCC2CCOCC2)C3)c1. The number of aliphatic carboxylic acids is 2. The van der Waals surface area contributed by atoms with Crippen LogP contribution in [0.5, 0.6) is 0 Å². The van der Waals surface area contributed by atoms with Gasteiger partial charge in [0.1, 0.15) is 5.69 Å². The molecule has 0 aliphatic carbocycles. The summed E-state index contributed by atoms with van der Waals surface area (Å²) in [4.78, 5) is 22.0. The summed E-state index contributed by atoms with van der Waals surface area (Å²) < 4.78 is 76.8. The monoisotopic (exact) mass is 571 g/mol. The number of carboxylic acids is 2. The molecule has 2 aromatic heterocycles. The Morgan fingerprint density at radius 1 is 1.00 bits per heavy atom. The number of halogens is 6. The van der Waals surface area contributed by atoms with Crippen molar-refractivity contribution < 1.29 is 55.6 Å². The van der Waals surface area contributed by atoms with Crippen LogP contribution in [0.25, 0.3) is 11.3 Å². The summed E-state index contributed by atoms with van der Waals surface area (Å²) in [6.45, 7) is 5.94. The van der Waals surface area contributed by atoms with Gasteiger partial charge in [-0.25, -0.2) is 14.3 Å². The number of ether oxygens (including phenoxy) is 2. The van der Waals surface area contributed by atoms with Gasteiger partial charge in [0.15, 0.2) is 0 Å². The first kappa shape index (κ1) is 31.9. The third-order valence-electron chi connectivity index (χ3n) is 5.49. The molecule has 4 rings (SSSR count). The largest absolute Gasteiger partial charge is 0.490 e. The van der Waals surface area contributed by atoms with Crippen LogP contribution in [0.15, 0.2) is 24.5 Å². The maximum atomic E-state index is 10.6. The number of carboxylic acid groups (broad SMARTS) is 2. The fourth-order valence-electron chi connectivity index (χ4n) is 3.53. The highest BCUT2D eigenvalue weighted by atomic mass is 19.4. The number of hydrogen-bond donors (Lipinski definition) is 3. The Hall–Kier alpha value is -3.31. The van der Waals surface area contributed by atoms with Gasteiger partial charge in [0.05, 0.1) is 18.9 Å². The molecule has 1 unspecified atom stereocenters. The van der Waals surface area contributed by atoms with Crippen molar-refractivity contribution >= 4 is 11.9 Å². The summed E-state index contributed by atoms with van der Waals surface area (Å²) in [6, 6.07) is 3.93. The first-order valence-electron chi connectivity index (χ1n) is 11.6. The molecule has 2 aromatic rings. The zero-order valence-corrected chi connectivity index (χ0v) is 20.4. The quantitative estimate of drug-likeness (QED) is 0.458. The summed E-state index contributed by atoms with van der Waals surface area (Å²) in [5, 5.41) is 26.6. The van der Waals surface area contributed by atoms with Gasteiger partial charge in [-0.2, -0.15) is 26.3 Å².